The van der Waals surface area contributed by atoms with Gasteiger partial charge in [0.25, 0.3) is 5.56 Å². The molecule has 0 unspecified atom stereocenters. The predicted octanol–water partition coefficient (Wildman–Crippen LogP) is -0.355. The number of aliphatic hydroxyl groups is 2. The lowest BCUT2D eigenvalue weighted by Crippen LogP contribution is -2.46. The molecule has 0 bridgehead atoms. The van der Waals surface area contributed by atoms with Gasteiger partial charge in [-0.3, -0.25) is 14.3 Å². The minimum atomic E-state index is -4.87. The molecule has 41 heavy (non-hydrogen) atoms. The van der Waals surface area contributed by atoms with Gasteiger partial charge in [-0.2, -0.15) is 4.98 Å². The summed E-state index contributed by atoms with van der Waals surface area (Å²) in [5.74, 6) is -0.153. The molecule has 2 aliphatic rings. The van der Waals surface area contributed by atoms with E-state index in [1.54, 1.807) is 11.0 Å². The van der Waals surface area contributed by atoms with Gasteiger partial charge in [-0.05, 0) is 31.5 Å². The van der Waals surface area contributed by atoms with E-state index in [-0.39, 0.29) is 30.7 Å². The molecule has 2 aromatic heterocycles. The van der Waals surface area contributed by atoms with Crippen molar-refractivity contribution in [2.75, 3.05) is 46.8 Å². The van der Waals surface area contributed by atoms with E-state index in [9.17, 15) is 24.4 Å². The average Bonchev–Trinajstić information content (AvgIpc) is 3.39. The highest BCUT2D eigenvalue weighted by molar-refractivity contribution is 7.46. The van der Waals surface area contributed by atoms with E-state index in [4.69, 9.17) is 24.7 Å². The lowest BCUT2D eigenvalue weighted by molar-refractivity contribution is -0.0218. The van der Waals surface area contributed by atoms with Crippen molar-refractivity contribution in [2.45, 2.75) is 44.9 Å². The highest BCUT2D eigenvalue weighted by Crippen LogP contribution is 2.40. The number of aromatic nitrogens is 2. The van der Waals surface area contributed by atoms with Crippen LogP contribution in [0, 0.1) is 0 Å². The molecule has 5 rings (SSSR count). The second kappa shape index (κ2) is 11.1. The topological polar surface area (TPSA) is 228 Å². The van der Waals surface area contributed by atoms with Crippen LogP contribution >= 0.6 is 7.82 Å². The van der Waals surface area contributed by atoms with Crippen LogP contribution in [0.4, 0.5) is 23.1 Å². The smallest absolute Gasteiger partial charge is 0.423 e. The van der Waals surface area contributed by atoms with E-state index in [1.807, 2.05) is 26.0 Å². The maximum Gasteiger partial charge on any atom is 0.469 e. The van der Waals surface area contributed by atoms with Crippen molar-refractivity contribution in [1.82, 2.24) is 9.97 Å². The molecular weight excluding hydrogens is 563 g/mol. The molecule has 0 saturated carbocycles. The molecule has 0 spiro atoms. The summed E-state index contributed by atoms with van der Waals surface area (Å²) in [6.45, 7) is 4.85. The van der Waals surface area contributed by atoms with E-state index in [2.05, 4.69) is 19.4 Å². The predicted molar refractivity (Wildman–Crippen MR) is 148 cm³/mol. The Bertz CT molecular complexity index is 1600. The first-order valence-electron chi connectivity index (χ1n) is 12.8. The van der Waals surface area contributed by atoms with Crippen LogP contribution in [0.1, 0.15) is 19.4 Å². The van der Waals surface area contributed by atoms with Gasteiger partial charge in [-0.25, -0.2) is 9.36 Å². The number of nitrogens with zero attached hydrogens (tertiary/aromatic N) is 4. The number of ether oxygens (including phenoxy) is 1. The number of phosphoric acid groups is 1. The van der Waals surface area contributed by atoms with Gasteiger partial charge in [0, 0.05) is 42.8 Å². The molecule has 1 fully saturated rings. The number of anilines is 4. The second-order valence-electron chi connectivity index (χ2n) is 9.71. The maximum atomic E-state index is 13.0. The van der Waals surface area contributed by atoms with Crippen LogP contribution in [-0.2, 0) is 20.4 Å². The summed E-state index contributed by atoms with van der Waals surface area (Å²) in [6, 6.07) is 6.88. The number of fused-ring (bicyclic) bond motifs is 2. The van der Waals surface area contributed by atoms with Crippen LogP contribution in [0.5, 0.6) is 0 Å². The number of rotatable bonds is 9. The Morgan fingerprint density at radius 3 is 2.61 bits per heavy atom. The lowest BCUT2D eigenvalue weighted by Gasteiger charge is -2.28. The molecule has 7 N–H and O–H groups in total. The molecule has 3 aromatic rings. The number of hydrogen-bond acceptors (Lipinski definition) is 13. The highest BCUT2D eigenvalue weighted by atomic mass is 31.2. The van der Waals surface area contributed by atoms with Gasteiger partial charge in [-0.1, -0.05) is 0 Å². The zero-order valence-corrected chi connectivity index (χ0v) is 23.1. The standard InChI is InChI=1S/C24H31N6O10P/c1-3-28(4-2)13-5-6-14-12(7-17(31)39-15(14)8-13)9-29-11-30(21-18(29)22(34)27-24(25)26-21)23-20(33)19(32)16(40-23)10-38-41(35,36)37/h5-8,16,19-20,23,32-33H,3-4,9-11H2,1-2H3,(H2,35,36,37)(H3,25,26,27,34)/t16-,19-,20-,23-/m1/s1. The molecule has 0 aliphatic carbocycles. The van der Waals surface area contributed by atoms with E-state index >= 15 is 0 Å². The van der Waals surface area contributed by atoms with Gasteiger partial charge in [0.2, 0.25) is 5.95 Å². The fraction of sp³-hybridized carbons (Fsp3) is 0.458. The Morgan fingerprint density at radius 1 is 1.20 bits per heavy atom. The van der Waals surface area contributed by atoms with Crippen molar-refractivity contribution in [3.63, 3.8) is 0 Å². The largest absolute Gasteiger partial charge is 0.469 e. The molecule has 4 heterocycles. The third-order valence-electron chi connectivity index (χ3n) is 7.16. The average molecular weight is 595 g/mol. The normalized spacial score (nSPS) is 22.5. The summed E-state index contributed by atoms with van der Waals surface area (Å²) < 4.78 is 26.8. The van der Waals surface area contributed by atoms with E-state index in [1.165, 1.54) is 11.0 Å². The van der Waals surface area contributed by atoms with Gasteiger partial charge in [-0.15, -0.1) is 0 Å². The minimum Gasteiger partial charge on any atom is -0.423 e. The number of phosphoric ester groups is 1. The van der Waals surface area contributed by atoms with Crippen molar-refractivity contribution in [3.8, 4) is 0 Å². The van der Waals surface area contributed by atoms with Crippen molar-refractivity contribution < 1.29 is 38.2 Å². The maximum absolute atomic E-state index is 13.0. The fourth-order valence-corrected chi connectivity index (χ4v) is 5.59. The van der Waals surface area contributed by atoms with E-state index < -0.39 is 50.2 Å². The number of hydrogen-bond donors (Lipinski definition) is 6. The van der Waals surface area contributed by atoms with Gasteiger partial charge in [0.05, 0.1) is 13.3 Å². The first kappa shape index (κ1) is 29.0. The quantitative estimate of drug-likeness (QED) is 0.137. The third kappa shape index (κ3) is 5.67. The Balaban J connectivity index is 1.48. The molecule has 17 heteroatoms. The van der Waals surface area contributed by atoms with Gasteiger partial charge in [0.15, 0.2) is 12.0 Å². The molecule has 16 nitrogen and oxygen atoms in total. The molecule has 0 radical (unpaired) electrons. The van der Waals surface area contributed by atoms with Gasteiger partial charge < -0.3 is 49.6 Å². The van der Waals surface area contributed by atoms with Crippen molar-refractivity contribution in [2.24, 2.45) is 0 Å². The Labute approximate surface area is 232 Å². The zero-order valence-electron chi connectivity index (χ0n) is 22.2. The highest BCUT2D eigenvalue weighted by Gasteiger charge is 2.49. The molecule has 0 amide bonds. The number of nitrogens with two attached hydrogens (primary N) is 1. The number of benzene rings is 1. The number of aromatic amines is 1. The van der Waals surface area contributed by atoms with Crippen molar-refractivity contribution in [1.29, 1.82) is 0 Å². The van der Waals surface area contributed by atoms with Crippen LogP contribution < -0.4 is 31.6 Å². The lowest BCUT2D eigenvalue weighted by atomic mass is 10.1. The van der Waals surface area contributed by atoms with Crippen LogP contribution in [-0.4, -0.2) is 80.9 Å². The molecular formula is C24H31N6O10P. The minimum absolute atomic E-state index is 0.0511. The summed E-state index contributed by atoms with van der Waals surface area (Å²) in [4.78, 5) is 55.4. The Kier molecular flexibility index (Phi) is 7.82. The van der Waals surface area contributed by atoms with Gasteiger partial charge in [0.1, 0.15) is 29.6 Å². The summed E-state index contributed by atoms with van der Waals surface area (Å²) in [7, 11) is -4.87. The Hall–Kier alpha value is -3.50. The molecule has 1 aromatic carbocycles. The number of aliphatic hydroxyl groups excluding tert-OH is 2. The third-order valence-corrected chi connectivity index (χ3v) is 7.65. The second-order valence-corrected chi connectivity index (χ2v) is 10.9. The molecule has 2 aliphatic heterocycles. The summed E-state index contributed by atoms with van der Waals surface area (Å²) >= 11 is 0. The Morgan fingerprint density at radius 2 is 1.93 bits per heavy atom. The first-order chi connectivity index (χ1) is 19.4. The van der Waals surface area contributed by atoms with E-state index in [0.717, 1.165) is 18.8 Å². The zero-order chi connectivity index (χ0) is 29.6. The molecule has 222 valence electrons. The van der Waals surface area contributed by atoms with Crippen LogP contribution in [0.3, 0.4) is 0 Å². The van der Waals surface area contributed by atoms with Crippen LogP contribution in [0.25, 0.3) is 11.0 Å². The number of nitrogens with one attached hydrogen (secondary N) is 1. The van der Waals surface area contributed by atoms with Crippen LogP contribution in [0.2, 0.25) is 0 Å². The van der Waals surface area contributed by atoms with Crippen LogP contribution in [0.15, 0.2) is 38.3 Å². The first-order valence-corrected chi connectivity index (χ1v) is 14.4. The fourth-order valence-electron chi connectivity index (χ4n) is 5.24. The molecule has 4 atom stereocenters. The van der Waals surface area contributed by atoms with Gasteiger partial charge >= 0.3 is 13.4 Å². The number of nitrogen functional groups attached to an aromatic ring is 1. The summed E-state index contributed by atoms with van der Waals surface area (Å²) in [5.41, 5.74) is 6.56. The monoisotopic (exact) mass is 594 g/mol. The number of H-pyrrole nitrogens is 1. The molecule has 1 saturated heterocycles. The van der Waals surface area contributed by atoms with Crippen molar-refractivity contribution in [3.05, 3.63) is 50.6 Å². The summed E-state index contributed by atoms with van der Waals surface area (Å²) in [6.07, 6.45) is -5.69. The van der Waals surface area contributed by atoms with Crippen molar-refractivity contribution >= 4 is 41.9 Å². The SMILES string of the molecule is CCN(CC)c1ccc2c(CN3CN([C@@H]4O[C@H](COP(=O)(O)O)[C@@H](O)[C@H]4O)c4nc(N)[nH]c(=O)c43)cc(=O)oc2c1. The van der Waals surface area contributed by atoms with E-state index in [0.29, 0.717) is 16.5 Å². The summed E-state index contributed by atoms with van der Waals surface area (Å²) in [5, 5.41) is 21.9.